The zero-order valence-corrected chi connectivity index (χ0v) is 9.30. The van der Waals surface area contributed by atoms with Gasteiger partial charge >= 0.3 is 0 Å². The molecule has 90 valence electrons. The molecule has 0 aromatic heterocycles. The van der Waals surface area contributed by atoms with E-state index < -0.39 is 30.6 Å². The maximum absolute atomic E-state index is 9.68. The Morgan fingerprint density at radius 2 is 1.93 bits per heavy atom. The first kappa shape index (κ1) is 12.9. The first-order chi connectivity index (χ1) is 7.11. The van der Waals surface area contributed by atoms with Gasteiger partial charge in [-0.1, -0.05) is 13.8 Å². The van der Waals surface area contributed by atoms with Gasteiger partial charge in [-0.05, 0) is 12.8 Å². The van der Waals surface area contributed by atoms with Crippen LogP contribution in [0.15, 0.2) is 0 Å². The molecule has 5 heteroatoms. The van der Waals surface area contributed by atoms with E-state index in [0.717, 1.165) is 6.42 Å². The van der Waals surface area contributed by atoms with E-state index in [9.17, 15) is 10.2 Å². The highest BCUT2D eigenvalue weighted by atomic mass is 16.7. The van der Waals surface area contributed by atoms with Crippen molar-refractivity contribution in [3.63, 3.8) is 0 Å². The van der Waals surface area contributed by atoms with E-state index >= 15 is 0 Å². The van der Waals surface area contributed by atoms with Gasteiger partial charge in [-0.3, -0.25) is 0 Å². The van der Waals surface area contributed by atoms with Crippen molar-refractivity contribution in [3.05, 3.63) is 0 Å². The van der Waals surface area contributed by atoms with Crippen LogP contribution < -0.4 is 5.73 Å². The Morgan fingerprint density at radius 1 is 1.27 bits per heavy atom. The quantitative estimate of drug-likeness (QED) is 0.599. The lowest BCUT2D eigenvalue weighted by Gasteiger charge is -2.40. The summed E-state index contributed by atoms with van der Waals surface area (Å²) in [5.41, 5.74) is 5.71. The van der Waals surface area contributed by atoms with Crippen molar-refractivity contribution in [1.29, 1.82) is 0 Å². The lowest BCUT2D eigenvalue weighted by atomic mass is 9.96. The lowest BCUT2D eigenvalue weighted by molar-refractivity contribution is -0.259. The Morgan fingerprint density at radius 3 is 2.47 bits per heavy atom. The summed E-state index contributed by atoms with van der Waals surface area (Å²) in [5.74, 6) is 0. The zero-order chi connectivity index (χ0) is 11.4. The number of aliphatic hydroxyl groups excluding tert-OH is 2. The third-order valence-corrected chi connectivity index (χ3v) is 2.64. The average molecular weight is 219 g/mol. The minimum Gasteiger partial charge on any atom is -0.388 e. The summed E-state index contributed by atoms with van der Waals surface area (Å²) in [5, 5.41) is 19.3. The van der Waals surface area contributed by atoms with Crippen LogP contribution in [0.2, 0.25) is 0 Å². The highest BCUT2D eigenvalue weighted by Gasteiger charge is 2.42. The van der Waals surface area contributed by atoms with Crippen molar-refractivity contribution in [3.8, 4) is 0 Å². The van der Waals surface area contributed by atoms with Gasteiger partial charge in [0.05, 0.1) is 12.1 Å². The summed E-state index contributed by atoms with van der Waals surface area (Å²) in [6.45, 7) is 4.41. The van der Waals surface area contributed by atoms with Crippen LogP contribution in [0.4, 0.5) is 0 Å². The van der Waals surface area contributed by atoms with Crippen molar-refractivity contribution in [2.24, 2.45) is 5.73 Å². The molecule has 0 amide bonds. The van der Waals surface area contributed by atoms with E-state index in [0.29, 0.717) is 13.0 Å². The first-order valence-corrected chi connectivity index (χ1v) is 5.50. The molecule has 4 N–H and O–H groups in total. The van der Waals surface area contributed by atoms with Crippen LogP contribution in [-0.2, 0) is 9.47 Å². The molecule has 1 fully saturated rings. The van der Waals surface area contributed by atoms with Crippen molar-refractivity contribution in [2.75, 3.05) is 6.61 Å². The monoisotopic (exact) mass is 219 g/mol. The number of rotatable bonds is 4. The second-order valence-corrected chi connectivity index (χ2v) is 3.88. The van der Waals surface area contributed by atoms with Gasteiger partial charge in [-0.2, -0.15) is 0 Å². The molecule has 1 aliphatic heterocycles. The van der Waals surface area contributed by atoms with Crippen LogP contribution in [0.3, 0.4) is 0 Å². The van der Waals surface area contributed by atoms with E-state index in [1.807, 2.05) is 13.8 Å². The number of nitrogens with two attached hydrogens (primary N) is 1. The number of aliphatic hydroxyl groups is 2. The normalized spacial score (nSPS) is 41.8. The van der Waals surface area contributed by atoms with E-state index in [-0.39, 0.29) is 0 Å². The molecule has 1 rings (SSSR count). The van der Waals surface area contributed by atoms with Crippen LogP contribution in [0.5, 0.6) is 0 Å². The molecular formula is C10H21NO4. The second kappa shape index (κ2) is 5.77. The summed E-state index contributed by atoms with van der Waals surface area (Å²) in [6, 6.07) is -0.686. The molecule has 1 aliphatic rings. The third-order valence-electron chi connectivity index (χ3n) is 2.64. The second-order valence-electron chi connectivity index (χ2n) is 3.88. The standard InChI is InChI=1S/C10H21NO4/c1-3-5-14-10-7(11)9(13)8(12)6(4-2)15-10/h6-10,12-13H,3-5,11H2,1-2H3/t6?,7?,8-,9+,10+/m0/s1. The minimum atomic E-state index is -0.981. The molecule has 0 aromatic rings. The molecule has 0 bridgehead atoms. The molecule has 0 spiro atoms. The predicted molar refractivity (Wildman–Crippen MR) is 55.2 cm³/mol. The van der Waals surface area contributed by atoms with Gasteiger partial charge in [-0.25, -0.2) is 0 Å². The maximum atomic E-state index is 9.68. The number of ether oxygens (including phenoxy) is 2. The topological polar surface area (TPSA) is 84.9 Å². The van der Waals surface area contributed by atoms with Crippen molar-refractivity contribution < 1.29 is 19.7 Å². The van der Waals surface area contributed by atoms with Gasteiger partial charge in [0.1, 0.15) is 12.2 Å². The Hall–Kier alpha value is -0.200. The van der Waals surface area contributed by atoms with Crippen LogP contribution in [-0.4, -0.2) is 47.5 Å². The average Bonchev–Trinajstić information content (AvgIpc) is 2.25. The van der Waals surface area contributed by atoms with Gasteiger partial charge in [0.2, 0.25) is 0 Å². The molecule has 5 atom stereocenters. The summed E-state index contributed by atoms with van der Waals surface area (Å²) >= 11 is 0. The molecular weight excluding hydrogens is 198 g/mol. The predicted octanol–water partition coefficient (Wildman–Crippen LogP) is -0.403. The van der Waals surface area contributed by atoms with Gasteiger partial charge in [0.15, 0.2) is 6.29 Å². The van der Waals surface area contributed by atoms with Crippen LogP contribution >= 0.6 is 0 Å². The van der Waals surface area contributed by atoms with Gasteiger partial charge in [0.25, 0.3) is 0 Å². The SMILES string of the molecule is CCCO[C@@H]1OC(CC)[C@H](O)[C@H](O)C1N. The summed E-state index contributed by atoms with van der Waals surface area (Å²) < 4.78 is 10.9. The molecule has 15 heavy (non-hydrogen) atoms. The largest absolute Gasteiger partial charge is 0.388 e. The van der Waals surface area contributed by atoms with Crippen LogP contribution in [0.25, 0.3) is 0 Å². The summed E-state index contributed by atoms with van der Waals surface area (Å²) in [7, 11) is 0. The van der Waals surface area contributed by atoms with Crippen molar-refractivity contribution in [2.45, 2.75) is 57.3 Å². The molecule has 1 heterocycles. The molecule has 0 saturated carbocycles. The van der Waals surface area contributed by atoms with E-state index in [4.69, 9.17) is 15.2 Å². The fourth-order valence-electron chi connectivity index (χ4n) is 1.67. The van der Waals surface area contributed by atoms with Crippen LogP contribution in [0, 0.1) is 0 Å². The van der Waals surface area contributed by atoms with Crippen molar-refractivity contribution in [1.82, 2.24) is 0 Å². The Kier molecular flexibility index (Phi) is 4.95. The fraction of sp³-hybridized carbons (Fsp3) is 1.00. The summed E-state index contributed by atoms with van der Waals surface area (Å²) in [6.07, 6.45) is -1.44. The van der Waals surface area contributed by atoms with Gasteiger partial charge in [0, 0.05) is 6.61 Å². The Bertz CT molecular complexity index is 188. The molecule has 0 aliphatic carbocycles. The van der Waals surface area contributed by atoms with Crippen LogP contribution in [0.1, 0.15) is 26.7 Å². The Balaban J connectivity index is 2.57. The van der Waals surface area contributed by atoms with Crippen molar-refractivity contribution >= 4 is 0 Å². The molecule has 0 radical (unpaired) electrons. The van der Waals surface area contributed by atoms with Gasteiger partial charge < -0.3 is 25.4 Å². The molecule has 1 saturated heterocycles. The molecule has 2 unspecified atom stereocenters. The highest BCUT2D eigenvalue weighted by molar-refractivity contribution is 4.90. The maximum Gasteiger partial charge on any atom is 0.175 e. The van der Waals surface area contributed by atoms with Gasteiger partial charge in [-0.15, -0.1) is 0 Å². The van der Waals surface area contributed by atoms with E-state index in [1.54, 1.807) is 0 Å². The third kappa shape index (κ3) is 2.89. The number of hydrogen-bond acceptors (Lipinski definition) is 5. The first-order valence-electron chi connectivity index (χ1n) is 5.50. The Labute approximate surface area is 90.2 Å². The summed E-state index contributed by atoms with van der Waals surface area (Å²) in [4.78, 5) is 0. The molecule has 0 aromatic carbocycles. The minimum absolute atomic E-state index is 0.401. The van der Waals surface area contributed by atoms with E-state index in [1.165, 1.54) is 0 Å². The number of hydrogen-bond donors (Lipinski definition) is 3. The highest BCUT2D eigenvalue weighted by Crippen LogP contribution is 2.22. The molecule has 5 nitrogen and oxygen atoms in total. The fourth-order valence-corrected chi connectivity index (χ4v) is 1.67. The van der Waals surface area contributed by atoms with E-state index in [2.05, 4.69) is 0 Å². The zero-order valence-electron chi connectivity index (χ0n) is 9.30. The lowest BCUT2D eigenvalue weighted by Crippen LogP contribution is -2.61. The smallest absolute Gasteiger partial charge is 0.175 e.